The normalized spacial score (nSPS) is 12.2. The summed E-state index contributed by atoms with van der Waals surface area (Å²) >= 11 is 3.36. The van der Waals surface area contributed by atoms with Crippen molar-refractivity contribution in [1.82, 2.24) is 8.96 Å². The summed E-state index contributed by atoms with van der Waals surface area (Å²) in [7, 11) is -3.65. The molecule has 2 aromatic heterocycles. The van der Waals surface area contributed by atoms with Gasteiger partial charge in [-0.05, 0) is 52.5 Å². The first kappa shape index (κ1) is 16.2. The smallest absolute Gasteiger partial charge is 0.247 e. The van der Waals surface area contributed by atoms with Crippen LogP contribution in [0.15, 0.2) is 52.2 Å². The second-order valence-electron chi connectivity index (χ2n) is 5.88. The van der Waals surface area contributed by atoms with Gasteiger partial charge >= 0.3 is 0 Å². The van der Waals surface area contributed by atoms with Crippen molar-refractivity contribution in [3.63, 3.8) is 0 Å². The molecule has 0 radical (unpaired) electrons. The summed E-state index contributed by atoms with van der Waals surface area (Å²) in [4.78, 5) is 4.47. The monoisotopic (exact) mass is 392 g/mol. The lowest BCUT2D eigenvalue weighted by Gasteiger charge is -2.07. The summed E-state index contributed by atoms with van der Waals surface area (Å²) in [5, 5.41) is 0.901. The van der Waals surface area contributed by atoms with Crippen molar-refractivity contribution in [2.75, 3.05) is 0 Å². The summed E-state index contributed by atoms with van der Waals surface area (Å²) in [6.45, 7) is 6.03. The lowest BCUT2D eigenvalue weighted by atomic mass is 10.0. The highest BCUT2D eigenvalue weighted by Gasteiger charge is 2.22. The van der Waals surface area contributed by atoms with Crippen molar-refractivity contribution in [2.45, 2.75) is 31.6 Å². The van der Waals surface area contributed by atoms with Crippen LogP contribution in [0.25, 0.3) is 10.9 Å². The first-order chi connectivity index (χ1) is 10.8. The molecule has 3 rings (SSSR count). The number of hydrogen-bond donors (Lipinski definition) is 0. The van der Waals surface area contributed by atoms with E-state index in [2.05, 4.69) is 20.9 Å². The molecule has 0 unspecified atom stereocenters. The van der Waals surface area contributed by atoms with Crippen LogP contribution in [0.2, 0.25) is 0 Å². The third kappa shape index (κ3) is 2.81. The van der Waals surface area contributed by atoms with Gasteiger partial charge in [-0.25, -0.2) is 17.4 Å². The van der Waals surface area contributed by atoms with E-state index in [0.29, 0.717) is 10.1 Å². The molecule has 0 saturated carbocycles. The van der Waals surface area contributed by atoms with Crippen molar-refractivity contribution in [3.8, 4) is 0 Å². The van der Waals surface area contributed by atoms with Crippen molar-refractivity contribution in [2.24, 2.45) is 0 Å². The molecule has 0 aliphatic heterocycles. The van der Waals surface area contributed by atoms with E-state index >= 15 is 0 Å². The number of benzene rings is 1. The van der Waals surface area contributed by atoms with Gasteiger partial charge < -0.3 is 0 Å². The lowest BCUT2D eigenvalue weighted by molar-refractivity contribution is 0.589. The fourth-order valence-electron chi connectivity index (χ4n) is 2.58. The van der Waals surface area contributed by atoms with Gasteiger partial charge in [0, 0.05) is 11.6 Å². The third-order valence-electron chi connectivity index (χ3n) is 3.85. The molecule has 0 atom stereocenters. The zero-order valence-electron chi connectivity index (χ0n) is 13.1. The second-order valence-corrected chi connectivity index (χ2v) is 8.50. The van der Waals surface area contributed by atoms with Crippen LogP contribution in [0, 0.1) is 6.92 Å². The summed E-state index contributed by atoms with van der Waals surface area (Å²) in [5.74, 6) is 0.210. The minimum absolute atomic E-state index is 0.210. The Morgan fingerprint density at radius 3 is 2.43 bits per heavy atom. The molecule has 0 spiro atoms. The van der Waals surface area contributed by atoms with Crippen molar-refractivity contribution in [3.05, 3.63) is 58.5 Å². The van der Waals surface area contributed by atoms with Gasteiger partial charge in [-0.3, -0.25) is 0 Å². The Morgan fingerprint density at radius 2 is 1.83 bits per heavy atom. The Hall–Kier alpha value is -1.66. The van der Waals surface area contributed by atoms with Crippen LogP contribution in [0.3, 0.4) is 0 Å². The maximum Gasteiger partial charge on any atom is 0.268 e. The van der Waals surface area contributed by atoms with E-state index in [0.717, 1.165) is 16.5 Å². The number of fused-ring (bicyclic) bond motifs is 1. The lowest BCUT2D eigenvalue weighted by Crippen LogP contribution is -2.12. The average molecular weight is 393 g/mol. The molecule has 0 amide bonds. The summed E-state index contributed by atoms with van der Waals surface area (Å²) in [6, 6.07) is 8.75. The molecule has 1 aromatic carbocycles. The fourth-order valence-corrected chi connectivity index (χ4v) is 4.27. The van der Waals surface area contributed by atoms with E-state index in [1.807, 2.05) is 26.8 Å². The van der Waals surface area contributed by atoms with Gasteiger partial charge in [0.15, 0.2) is 0 Å². The van der Waals surface area contributed by atoms with Gasteiger partial charge in [0.1, 0.15) is 4.60 Å². The van der Waals surface area contributed by atoms with Crippen molar-refractivity contribution in [1.29, 1.82) is 0 Å². The Labute approximate surface area is 144 Å². The van der Waals surface area contributed by atoms with Crippen LogP contribution in [0.5, 0.6) is 0 Å². The van der Waals surface area contributed by atoms with Crippen LogP contribution >= 0.6 is 15.9 Å². The van der Waals surface area contributed by atoms with E-state index in [9.17, 15) is 8.42 Å². The fraction of sp³-hybridized carbons (Fsp3) is 0.235. The maximum absolute atomic E-state index is 13.0. The molecule has 3 aromatic rings. The van der Waals surface area contributed by atoms with Gasteiger partial charge in [-0.2, -0.15) is 0 Å². The molecule has 0 bridgehead atoms. The summed E-state index contributed by atoms with van der Waals surface area (Å²) < 4.78 is 28.0. The molecule has 2 heterocycles. The van der Waals surface area contributed by atoms with E-state index in [1.54, 1.807) is 36.7 Å². The van der Waals surface area contributed by atoms with Crippen molar-refractivity contribution >= 4 is 36.9 Å². The molecule has 4 nitrogen and oxygen atoms in total. The van der Waals surface area contributed by atoms with Gasteiger partial charge in [-0.1, -0.05) is 31.5 Å². The molecule has 0 aliphatic rings. The number of aromatic nitrogens is 2. The van der Waals surface area contributed by atoms with Crippen LogP contribution in [0.4, 0.5) is 0 Å². The zero-order valence-corrected chi connectivity index (χ0v) is 15.5. The largest absolute Gasteiger partial charge is 0.268 e. The maximum atomic E-state index is 13.0. The van der Waals surface area contributed by atoms with Gasteiger partial charge in [0.25, 0.3) is 10.0 Å². The number of aryl methyl sites for hydroxylation is 1. The molecule has 0 fully saturated rings. The van der Waals surface area contributed by atoms with Gasteiger partial charge in [-0.15, -0.1) is 0 Å². The van der Waals surface area contributed by atoms with Gasteiger partial charge in [0.05, 0.1) is 16.6 Å². The molecule has 0 saturated heterocycles. The summed E-state index contributed by atoms with van der Waals surface area (Å²) in [6.07, 6.45) is 3.30. The predicted octanol–water partition coefficient (Wildman–Crippen LogP) is 4.47. The third-order valence-corrected chi connectivity index (χ3v) is 5.98. The highest BCUT2D eigenvalue weighted by molar-refractivity contribution is 9.10. The van der Waals surface area contributed by atoms with E-state index in [4.69, 9.17) is 0 Å². The molecule has 23 heavy (non-hydrogen) atoms. The SMILES string of the molecule is Cc1ccc(S(=O)(=O)n2cc(C(C)C)c3cc(Br)ncc32)cc1. The second kappa shape index (κ2) is 5.76. The highest BCUT2D eigenvalue weighted by Crippen LogP contribution is 2.31. The van der Waals surface area contributed by atoms with Crippen LogP contribution in [-0.2, 0) is 10.0 Å². The zero-order chi connectivity index (χ0) is 16.8. The quantitative estimate of drug-likeness (QED) is 0.617. The number of hydrogen-bond acceptors (Lipinski definition) is 3. The Bertz CT molecular complexity index is 974. The molecule has 0 aliphatic carbocycles. The van der Waals surface area contributed by atoms with Crippen LogP contribution in [-0.4, -0.2) is 17.4 Å². The van der Waals surface area contributed by atoms with Crippen LogP contribution in [0.1, 0.15) is 30.9 Å². The number of halogens is 1. The molecular formula is C17H17BrN2O2S. The Balaban J connectivity index is 2.29. The Kier molecular flexibility index (Phi) is 4.06. The first-order valence-corrected chi connectivity index (χ1v) is 9.53. The van der Waals surface area contributed by atoms with E-state index < -0.39 is 10.0 Å². The van der Waals surface area contributed by atoms with Crippen molar-refractivity contribution < 1.29 is 8.42 Å². The summed E-state index contributed by atoms with van der Waals surface area (Å²) in [5.41, 5.74) is 2.60. The molecular weight excluding hydrogens is 376 g/mol. The first-order valence-electron chi connectivity index (χ1n) is 7.29. The number of rotatable bonds is 3. The van der Waals surface area contributed by atoms with Gasteiger partial charge in [0.2, 0.25) is 0 Å². The molecule has 6 heteroatoms. The van der Waals surface area contributed by atoms with Crippen LogP contribution < -0.4 is 0 Å². The standard InChI is InChI=1S/C17H17BrN2O2S/c1-11(2)15-10-20(16-9-19-17(18)8-14(15)16)23(21,22)13-6-4-12(3)5-7-13/h4-11H,1-3H3. The van der Waals surface area contributed by atoms with E-state index in [-0.39, 0.29) is 10.8 Å². The predicted molar refractivity (Wildman–Crippen MR) is 95.3 cm³/mol. The average Bonchev–Trinajstić information content (AvgIpc) is 2.87. The molecule has 120 valence electrons. The number of nitrogens with zero attached hydrogens (tertiary/aromatic N) is 2. The minimum Gasteiger partial charge on any atom is -0.247 e. The topological polar surface area (TPSA) is 52.0 Å². The van der Waals surface area contributed by atoms with E-state index in [1.165, 1.54) is 3.97 Å². The Morgan fingerprint density at radius 1 is 1.17 bits per heavy atom. The minimum atomic E-state index is -3.65. The number of pyridine rings is 1. The highest BCUT2D eigenvalue weighted by atomic mass is 79.9. The molecule has 0 N–H and O–H groups in total.